The average Bonchev–Trinajstić information content (AvgIpc) is 2.83. The summed E-state index contributed by atoms with van der Waals surface area (Å²) in [5.74, 6) is 0.961. The molecule has 10 heteroatoms. The van der Waals surface area contributed by atoms with E-state index < -0.39 is 4.92 Å². The topological polar surface area (TPSA) is 109 Å². The first kappa shape index (κ1) is 22.9. The Bertz CT molecular complexity index is 1300. The van der Waals surface area contributed by atoms with Crippen molar-refractivity contribution in [1.82, 2.24) is 9.66 Å². The number of nitro groups is 1. The van der Waals surface area contributed by atoms with Gasteiger partial charge in [0, 0.05) is 22.0 Å². The molecule has 0 atom stereocenters. The van der Waals surface area contributed by atoms with Crippen molar-refractivity contribution >= 4 is 38.7 Å². The number of methoxy groups -OCH3 is 2. The summed E-state index contributed by atoms with van der Waals surface area (Å²) >= 11 is 3.41. The van der Waals surface area contributed by atoms with Crippen LogP contribution in [-0.4, -0.2) is 35.0 Å². The lowest BCUT2D eigenvalue weighted by Gasteiger charge is -2.22. The number of nitrogens with zero attached hydrogens (tertiary/aromatic N) is 4. The molecule has 0 saturated heterocycles. The minimum absolute atomic E-state index is 0.0249. The van der Waals surface area contributed by atoms with Gasteiger partial charge in [-0.1, -0.05) is 35.2 Å². The molecule has 0 amide bonds. The molecule has 1 aromatic heterocycles. The molecule has 172 valence electrons. The van der Waals surface area contributed by atoms with Crippen molar-refractivity contribution in [3.63, 3.8) is 0 Å². The molecule has 1 aliphatic rings. The van der Waals surface area contributed by atoms with Crippen molar-refractivity contribution in [3.05, 3.63) is 66.7 Å². The Labute approximate surface area is 198 Å². The first-order valence-electron chi connectivity index (χ1n) is 10.6. The van der Waals surface area contributed by atoms with E-state index in [2.05, 4.69) is 21.0 Å². The predicted octanol–water partition coefficient (Wildman–Crippen LogP) is 5.01. The van der Waals surface area contributed by atoms with Gasteiger partial charge in [0.15, 0.2) is 5.75 Å². The van der Waals surface area contributed by atoms with Crippen molar-refractivity contribution in [1.29, 1.82) is 0 Å². The van der Waals surface area contributed by atoms with E-state index in [9.17, 15) is 14.9 Å². The maximum absolute atomic E-state index is 13.4. The summed E-state index contributed by atoms with van der Waals surface area (Å²) in [6, 6.07) is 8.31. The first-order valence-corrected chi connectivity index (χ1v) is 11.4. The van der Waals surface area contributed by atoms with Crippen molar-refractivity contribution in [3.8, 4) is 11.5 Å². The molecule has 1 aliphatic carbocycles. The molecule has 0 aliphatic heterocycles. The Morgan fingerprint density at radius 2 is 1.94 bits per heavy atom. The number of rotatable bonds is 6. The van der Waals surface area contributed by atoms with Gasteiger partial charge < -0.3 is 9.47 Å². The molecule has 0 bridgehead atoms. The van der Waals surface area contributed by atoms with E-state index in [1.807, 2.05) is 12.1 Å². The fourth-order valence-corrected chi connectivity index (χ4v) is 4.56. The fraction of sp³-hybridized carbons (Fsp3) is 0.348. The lowest BCUT2D eigenvalue weighted by molar-refractivity contribution is -0.385. The summed E-state index contributed by atoms with van der Waals surface area (Å²) in [5.41, 5.74) is 0.485. The zero-order valence-corrected chi connectivity index (χ0v) is 19.9. The van der Waals surface area contributed by atoms with Crippen LogP contribution in [0.25, 0.3) is 10.9 Å². The predicted molar refractivity (Wildman–Crippen MR) is 129 cm³/mol. The Morgan fingerprint density at radius 1 is 1.18 bits per heavy atom. The summed E-state index contributed by atoms with van der Waals surface area (Å²) < 4.78 is 12.5. The summed E-state index contributed by atoms with van der Waals surface area (Å²) in [6.45, 7) is 0. The van der Waals surface area contributed by atoms with Crippen LogP contribution in [0.5, 0.6) is 11.5 Å². The summed E-state index contributed by atoms with van der Waals surface area (Å²) in [5, 5.41) is 16.4. The van der Waals surface area contributed by atoms with Crippen LogP contribution in [0.4, 0.5) is 5.69 Å². The van der Waals surface area contributed by atoms with E-state index in [0.717, 1.165) is 30.2 Å². The molecular formula is C23H23BrN4O5. The number of ether oxygens (including phenoxy) is 2. The van der Waals surface area contributed by atoms with Crippen LogP contribution in [0.1, 0.15) is 49.4 Å². The first-order chi connectivity index (χ1) is 15.9. The van der Waals surface area contributed by atoms with E-state index >= 15 is 0 Å². The SMILES string of the molecule is COc1cc(C=Nn2c(C3CCCCC3)nc3ccc(Br)cc3c2=O)cc([N+](=O)[O-])c1OC. The number of halogens is 1. The number of nitro benzene ring substituents is 1. The van der Waals surface area contributed by atoms with Crippen molar-refractivity contribution in [2.45, 2.75) is 38.0 Å². The highest BCUT2D eigenvalue weighted by atomic mass is 79.9. The van der Waals surface area contributed by atoms with Crippen LogP contribution < -0.4 is 15.0 Å². The fourth-order valence-electron chi connectivity index (χ4n) is 4.20. The van der Waals surface area contributed by atoms with Crippen LogP contribution in [0.15, 0.2) is 44.7 Å². The average molecular weight is 515 g/mol. The molecule has 2 aromatic carbocycles. The quantitative estimate of drug-likeness (QED) is 0.259. The Morgan fingerprint density at radius 3 is 2.61 bits per heavy atom. The van der Waals surface area contributed by atoms with Crippen LogP contribution in [0.2, 0.25) is 0 Å². The van der Waals surface area contributed by atoms with Gasteiger partial charge in [-0.25, -0.2) is 4.98 Å². The number of hydrogen-bond acceptors (Lipinski definition) is 7. The highest BCUT2D eigenvalue weighted by Crippen LogP contribution is 2.37. The van der Waals surface area contributed by atoms with E-state index in [4.69, 9.17) is 14.5 Å². The summed E-state index contributed by atoms with van der Waals surface area (Å²) in [7, 11) is 2.74. The molecule has 33 heavy (non-hydrogen) atoms. The lowest BCUT2D eigenvalue weighted by Crippen LogP contribution is -2.25. The molecule has 1 fully saturated rings. The van der Waals surface area contributed by atoms with E-state index in [1.54, 1.807) is 12.1 Å². The van der Waals surface area contributed by atoms with E-state index in [-0.39, 0.29) is 28.7 Å². The number of hydrogen-bond donors (Lipinski definition) is 0. The van der Waals surface area contributed by atoms with Gasteiger partial charge in [-0.15, -0.1) is 0 Å². The smallest absolute Gasteiger partial charge is 0.315 e. The third-order valence-corrected chi connectivity index (χ3v) is 6.30. The van der Waals surface area contributed by atoms with E-state index in [0.29, 0.717) is 22.3 Å². The maximum Gasteiger partial charge on any atom is 0.315 e. The third kappa shape index (κ3) is 4.61. The second-order valence-electron chi connectivity index (χ2n) is 7.86. The highest BCUT2D eigenvalue weighted by molar-refractivity contribution is 9.10. The monoisotopic (exact) mass is 514 g/mol. The second kappa shape index (κ2) is 9.70. The molecule has 0 radical (unpaired) electrons. The van der Waals surface area contributed by atoms with Crippen molar-refractivity contribution < 1.29 is 14.4 Å². The second-order valence-corrected chi connectivity index (χ2v) is 8.78. The standard InChI is InChI=1S/C23H23BrN4O5/c1-32-20-11-14(10-19(28(30)31)21(20)33-2)13-25-27-22(15-6-4-3-5-7-15)26-18-9-8-16(24)12-17(18)23(27)29/h8-13,15H,3-7H2,1-2H3. The summed E-state index contributed by atoms with van der Waals surface area (Å²) in [6.07, 6.45) is 6.60. The van der Waals surface area contributed by atoms with Gasteiger partial charge in [0.1, 0.15) is 5.82 Å². The van der Waals surface area contributed by atoms with Gasteiger partial charge in [-0.05, 0) is 37.1 Å². The van der Waals surface area contributed by atoms with Gasteiger partial charge in [-0.2, -0.15) is 9.78 Å². The zero-order chi connectivity index (χ0) is 23.5. The van der Waals surface area contributed by atoms with Gasteiger partial charge in [0.05, 0.1) is 36.3 Å². The molecular weight excluding hydrogens is 492 g/mol. The van der Waals surface area contributed by atoms with Crippen LogP contribution >= 0.6 is 15.9 Å². The van der Waals surface area contributed by atoms with Gasteiger partial charge in [-0.3, -0.25) is 14.9 Å². The van der Waals surface area contributed by atoms with Gasteiger partial charge in [0.2, 0.25) is 5.75 Å². The largest absolute Gasteiger partial charge is 0.493 e. The minimum Gasteiger partial charge on any atom is -0.493 e. The Hall–Kier alpha value is -3.27. The minimum atomic E-state index is -0.548. The van der Waals surface area contributed by atoms with Gasteiger partial charge >= 0.3 is 5.69 Å². The maximum atomic E-state index is 13.4. The zero-order valence-electron chi connectivity index (χ0n) is 18.3. The van der Waals surface area contributed by atoms with Gasteiger partial charge in [0.25, 0.3) is 5.56 Å². The molecule has 9 nitrogen and oxygen atoms in total. The van der Waals surface area contributed by atoms with Crippen LogP contribution in [0.3, 0.4) is 0 Å². The third-order valence-electron chi connectivity index (χ3n) is 5.80. The molecule has 0 N–H and O–H groups in total. The van der Waals surface area contributed by atoms with Crippen LogP contribution in [-0.2, 0) is 0 Å². The molecule has 3 aromatic rings. The van der Waals surface area contributed by atoms with E-state index in [1.165, 1.54) is 37.6 Å². The summed E-state index contributed by atoms with van der Waals surface area (Å²) in [4.78, 5) is 29.2. The number of benzene rings is 2. The highest BCUT2D eigenvalue weighted by Gasteiger charge is 2.23. The van der Waals surface area contributed by atoms with Crippen LogP contribution in [0, 0.1) is 10.1 Å². The molecule has 1 saturated carbocycles. The number of fused-ring (bicyclic) bond motifs is 1. The molecule has 4 rings (SSSR count). The molecule has 1 heterocycles. The Balaban J connectivity index is 1.87. The normalized spacial score (nSPS) is 14.6. The molecule has 0 unspecified atom stereocenters. The number of aromatic nitrogens is 2. The molecule has 0 spiro atoms. The Kier molecular flexibility index (Phi) is 6.73. The lowest BCUT2D eigenvalue weighted by atomic mass is 9.88. The van der Waals surface area contributed by atoms with Crippen molar-refractivity contribution in [2.24, 2.45) is 5.10 Å². The van der Waals surface area contributed by atoms with Crippen molar-refractivity contribution in [2.75, 3.05) is 14.2 Å².